The van der Waals surface area contributed by atoms with E-state index >= 15 is 0 Å². The quantitative estimate of drug-likeness (QED) is 0.214. The van der Waals surface area contributed by atoms with E-state index in [4.69, 9.17) is 4.74 Å². The van der Waals surface area contributed by atoms with Crippen LogP contribution in [-0.2, 0) is 6.61 Å². The maximum atomic E-state index is 13.6. The second-order valence-corrected chi connectivity index (χ2v) is 11.0. The van der Waals surface area contributed by atoms with Gasteiger partial charge in [-0.3, -0.25) is 13.9 Å². The highest BCUT2D eigenvalue weighted by Crippen LogP contribution is 2.56. The van der Waals surface area contributed by atoms with E-state index in [-0.39, 0.29) is 22.0 Å². The average Bonchev–Trinajstić information content (AvgIpc) is 2.90. The summed E-state index contributed by atoms with van der Waals surface area (Å²) in [4.78, 5) is 13.7. The topological polar surface area (TPSA) is 129 Å². The van der Waals surface area contributed by atoms with Crippen LogP contribution in [0.2, 0.25) is 0 Å². The summed E-state index contributed by atoms with van der Waals surface area (Å²) in [6.07, 6.45) is 2.30. The standard InChI is InChI=1S/C28H28N4O5S/c1-18(2)14-15-29-32-23-11-7-6-10-21(23)26(33)25(28(32)34)27-30-22-13-12-20(16-24(22)38(35,36)31-27)37-17-19-8-4-3-5-9-19/h3-13,15-16,18,33,35-36H,14,17H2,1-2H3,(H,30,31). The highest BCUT2D eigenvalue weighted by Gasteiger charge is 2.31. The fourth-order valence-electron chi connectivity index (χ4n) is 4.08. The number of aromatic nitrogens is 1. The van der Waals surface area contributed by atoms with E-state index < -0.39 is 16.3 Å². The van der Waals surface area contributed by atoms with Gasteiger partial charge in [-0.05, 0) is 42.2 Å². The van der Waals surface area contributed by atoms with Crippen LogP contribution in [0.5, 0.6) is 11.5 Å². The van der Waals surface area contributed by atoms with Crippen molar-refractivity contribution in [3.63, 3.8) is 0 Å². The first kappa shape index (κ1) is 25.5. The second kappa shape index (κ2) is 10.3. The van der Waals surface area contributed by atoms with Crippen molar-refractivity contribution in [1.82, 2.24) is 4.68 Å². The molecular weight excluding hydrogens is 504 g/mol. The third kappa shape index (κ3) is 5.01. The van der Waals surface area contributed by atoms with Crippen molar-refractivity contribution in [3.8, 4) is 11.5 Å². The van der Waals surface area contributed by atoms with Crippen molar-refractivity contribution >= 4 is 39.4 Å². The van der Waals surface area contributed by atoms with E-state index in [2.05, 4.69) is 14.8 Å². The number of nitrogens with one attached hydrogen (secondary N) is 1. The summed E-state index contributed by atoms with van der Waals surface area (Å²) in [5.41, 5.74) is 0.870. The zero-order chi connectivity index (χ0) is 26.9. The van der Waals surface area contributed by atoms with Gasteiger partial charge in [-0.15, -0.1) is 4.40 Å². The third-order valence-electron chi connectivity index (χ3n) is 6.01. The molecular formula is C28H28N4O5S. The monoisotopic (exact) mass is 532 g/mol. The van der Waals surface area contributed by atoms with Crippen LogP contribution in [0, 0.1) is 5.92 Å². The van der Waals surface area contributed by atoms with Gasteiger partial charge >= 0.3 is 0 Å². The zero-order valence-corrected chi connectivity index (χ0v) is 21.7. The van der Waals surface area contributed by atoms with E-state index in [1.807, 2.05) is 44.2 Å². The first-order valence-corrected chi connectivity index (χ1v) is 13.6. The summed E-state index contributed by atoms with van der Waals surface area (Å²) >= 11 is 0. The molecule has 4 aromatic rings. The Balaban J connectivity index is 1.54. The van der Waals surface area contributed by atoms with Crippen LogP contribution >= 0.6 is 10.8 Å². The van der Waals surface area contributed by atoms with Gasteiger partial charge in [0.1, 0.15) is 28.6 Å². The number of amidine groups is 1. The molecule has 0 radical (unpaired) electrons. The molecule has 1 aliphatic heterocycles. The normalized spacial score (nSPS) is 15.2. The van der Waals surface area contributed by atoms with Crippen LogP contribution < -0.4 is 15.6 Å². The molecule has 0 unspecified atom stereocenters. The van der Waals surface area contributed by atoms with E-state index in [9.17, 15) is 19.0 Å². The van der Waals surface area contributed by atoms with Gasteiger partial charge in [0.05, 0.1) is 11.2 Å². The van der Waals surface area contributed by atoms with Gasteiger partial charge in [0, 0.05) is 17.7 Å². The zero-order valence-electron chi connectivity index (χ0n) is 20.9. The van der Waals surface area contributed by atoms with Gasteiger partial charge in [-0.2, -0.15) is 9.78 Å². The summed E-state index contributed by atoms with van der Waals surface area (Å²) in [6, 6.07) is 21.2. The number of rotatable bonds is 7. The van der Waals surface area contributed by atoms with Crippen molar-refractivity contribution in [2.24, 2.45) is 15.4 Å². The number of pyridine rings is 1. The molecule has 1 aliphatic rings. The number of para-hydroxylation sites is 1. The Labute approximate surface area is 221 Å². The first-order chi connectivity index (χ1) is 18.2. The SMILES string of the molecule is CC(C)CC=Nn1c(=O)c(C2=NS(O)(O)c3cc(OCc4ccccc4)ccc3N2)c(O)c2ccccc21. The van der Waals surface area contributed by atoms with Crippen molar-refractivity contribution < 1.29 is 18.9 Å². The Kier molecular flexibility index (Phi) is 6.94. The lowest BCUT2D eigenvalue weighted by Crippen LogP contribution is -2.31. The van der Waals surface area contributed by atoms with E-state index in [1.54, 1.807) is 42.6 Å². The molecule has 9 nitrogen and oxygen atoms in total. The molecule has 4 N–H and O–H groups in total. The smallest absolute Gasteiger partial charge is 0.286 e. The summed E-state index contributed by atoms with van der Waals surface area (Å²) in [7, 11) is -3.72. The lowest BCUT2D eigenvalue weighted by Gasteiger charge is -2.34. The van der Waals surface area contributed by atoms with Crippen LogP contribution in [0.25, 0.3) is 10.9 Å². The van der Waals surface area contributed by atoms with E-state index in [0.29, 0.717) is 41.3 Å². The number of ether oxygens (including phenoxy) is 1. The van der Waals surface area contributed by atoms with Gasteiger partial charge < -0.3 is 15.2 Å². The number of nitrogens with zero attached hydrogens (tertiary/aromatic N) is 3. The molecule has 0 bridgehead atoms. The Hall–Kier alpha value is -4.12. The summed E-state index contributed by atoms with van der Waals surface area (Å²) in [5.74, 6) is 0.293. The van der Waals surface area contributed by atoms with E-state index in [1.165, 1.54) is 10.7 Å². The van der Waals surface area contributed by atoms with Crippen molar-refractivity contribution in [2.45, 2.75) is 31.8 Å². The average molecular weight is 533 g/mol. The highest BCUT2D eigenvalue weighted by atomic mass is 32.3. The number of fused-ring (bicyclic) bond motifs is 2. The fourth-order valence-corrected chi connectivity index (χ4v) is 5.25. The fraction of sp³-hybridized carbons (Fsp3) is 0.179. The lowest BCUT2D eigenvalue weighted by atomic mass is 10.1. The minimum absolute atomic E-state index is 0.127. The van der Waals surface area contributed by atoms with Gasteiger partial charge in [0.25, 0.3) is 5.56 Å². The Morgan fingerprint density at radius 1 is 1.08 bits per heavy atom. The molecule has 10 heteroatoms. The van der Waals surface area contributed by atoms with Crippen molar-refractivity contribution in [2.75, 3.05) is 5.32 Å². The first-order valence-electron chi connectivity index (χ1n) is 12.1. The molecule has 2 heterocycles. The highest BCUT2D eigenvalue weighted by molar-refractivity contribution is 8.23. The molecule has 0 aliphatic carbocycles. The van der Waals surface area contributed by atoms with E-state index in [0.717, 1.165) is 5.56 Å². The predicted octanol–water partition coefficient (Wildman–Crippen LogP) is 6.06. The molecule has 0 saturated heterocycles. The Bertz CT molecular complexity index is 1610. The molecule has 0 saturated carbocycles. The maximum Gasteiger partial charge on any atom is 0.286 e. The molecule has 196 valence electrons. The van der Waals surface area contributed by atoms with Crippen LogP contribution in [0.15, 0.2) is 92.0 Å². The number of benzene rings is 3. The molecule has 38 heavy (non-hydrogen) atoms. The minimum Gasteiger partial charge on any atom is -0.506 e. The summed E-state index contributed by atoms with van der Waals surface area (Å²) in [6.45, 7) is 4.38. The molecule has 5 rings (SSSR count). The molecule has 0 spiro atoms. The van der Waals surface area contributed by atoms with Crippen LogP contribution in [0.4, 0.5) is 5.69 Å². The van der Waals surface area contributed by atoms with Crippen LogP contribution in [0.1, 0.15) is 31.4 Å². The third-order valence-corrected chi connectivity index (χ3v) is 7.37. The predicted molar refractivity (Wildman–Crippen MR) is 152 cm³/mol. The molecule has 0 fully saturated rings. The van der Waals surface area contributed by atoms with Crippen LogP contribution in [0.3, 0.4) is 0 Å². The molecule has 0 amide bonds. The van der Waals surface area contributed by atoms with Crippen molar-refractivity contribution in [1.29, 1.82) is 0 Å². The maximum absolute atomic E-state index is 13.6. The summed E-state index contributed by atoms with van der Waals surface area (Å²) in [5, 5.41) is 18.8. The van der Waals surface area contributed by atoms with Gasteiger partial charge in [0.15, 0.2) is 5.84 Å². The van der Waals surface area contributed by atoms with Crippen LogP contribution in [-0.4, -0.2) is 30.9 Å². The lowest BCUT2D eigenvalue weighted by molar-refractivity contribution is 0.305. The van der Waals surface area contributed by atoms with Gasteiger partial charge in [-0.25, -0.2) is 0 Å². The molecule has 1 aromatic heterocycles. The largest absolute Gasteiger partial charge is 0.506 e. The molecule has 3 aromatic carbocycles. The van der Waals surface area contributed by atoms with Crippen molar-refractivity contribution in [3.05, 3.63) is 94.3 Å². The summed E-state index contributed by atoms with van der Waals surface area (Å²) < 4.78 is 33.0. The number of hydrogen-bond acceptors (Lipinski definition) is 8. The van der Waals surface area contributed by atoms with Gasteiger partial charge in [-0.1, -0.05) is 67.1 Å². The second-order valence-electron chi connectivity index (χ2n) is 9.30. The Morgan fingerprint density at radius 2 is 1.82 bits per heavy atom. The number of hydrogen-bond donors (Lipinski definition) is 4. The Morgan fingerprint density at radius 3 is 2.58 bits per heavy atom. The van der Waals surface area contributed by atoms with Gasteiger partial charge in [0.2, 0.25) is 0 Å². The minimum atomic E-state index is -3.72. The number of aromatic hydroxyl groups is 1. The number of anilines is 1. The molecule has 0 atom stereocenters.